The molecule has 1 aromatic rings. The van der Waals surface area contributed by atoms with Crippen LogP contribution in [0.4, 0.5) is 0 Å². The summed E-state index contributed by atoms with van der Waals surface area (Å²) in [7, 11) is 0. The van der Waals surface area contributed by atoms with Gasteiger partial charge in [-0.15, -0.1) is 11.3 Å². The van der Waals surface area contributed by atoms with Crippen LogP contribution >= 0.6 is 11.3 Å². The van der Waals surface area contributed by atoms with E-state index in [1.54, 1.807) is 12.1 Å². The Morgan fingerprint density at radius 3 is 2.79 bits per heavy atom. The van der Waals surface area contributed by atoms with E-state index in [1.807, 2.05) is 5.38 Å². The molecule has 2 amide bonds. The van der Waals surface area contributed by atoms with Gasteiger partial charge in [0, 0.05) is 4.88 Å². The minimum atomic E-state index is -0.727. The molecular formula is C8H11N3O2S. The summed E-state index contributed by atoms with van der Waals surface area (Å²) >= 11 is 1.39. The molecule has 0 fully saturated rings. The molecule has 1 unspecified atom stereocenters. The fourth-order valence-corrected chi connectivity index (χ4v) is 1.61. The molecule has 0 aliphatic heterocycles. The topological polar surface area (TPSA) is 98.2 Å². The Hall–Kier alpha value is -1.40. The van der Waals surface area contributed by atoms with Gasteiger partial charge in [0.1, 0.15) is 6.04 Å². The van der Waals surface area contributed by atoms with Crippen LogP contribution in [0.3, 0.4) is 0 Å². The lowest BCUT2D eigenvalue weighted by molar-refractivity contribution is -0.125. The Bertz CT molecular complexity index is 323. The first-order chi connectivity index (χ1) is 6.61. The van der Waals surface area contributed by atoms with Crippen molar-refractivity contribution < 1.29 is 9.59 Å². The molecule has 14 heavy (non-hydrogen) atoms. The first-order valence-electron chi connectivity index (χ1n) is 3.96. The van der Waals surface area contributed by atoms with Crippen LogP contribution in [-0.4, -0.2) is 18.4 Å². The van der Waals surface area contributed by atoms with Gasteiger partial charge in [0.05, 0.1) is 6.54 Å². The van der Waals surface area contributed by atoms with Gasteiger partial charge < -0.3 is 16.8 Å². The maximum absolute atomic E-state index is 11.3. The average Bonchev–Trinajstić information content (AvgIpc) is 2.65. The summed E-state index contributed by atoms with van der Waals surface area (Å²) in [5, 5.41) is 4.17. The van der Waals surface area contributed by atoms with Gasteiger partial charge in [0.2, 0.25) is 11.8 Å². The molecule has 1 heterocycles. The fourth-order valence-electron chi connectivity index (χ4n) is 0.882. The lowest BCUT2D eigenvalue weighted by atomic mass is 10.2. The normalized spacial score (nSPS) is 12.1. The van der Waals surface area contributed by atoms with E-state index in [0.29, 0.717) is 0 Å². The maximum Gasteiger partial charge on any atom is 0.242 e. The zero-order valence-electron chi connectivity index (χ0n) is 7.40. The van der Waals surface area contributed by atoms with Crippen molar-refractivity contribution in [1.82, 2.24) is 5.32 Å². The summed E-state index contributed by atoms with van der Waals surface area (Å²) in [6, 6.07) is 2.84. The zero-order valence-corrected chi connectivity index (χ0v) is 8.21. The Morgan fingerprint density at radius 2 is 2.29 bits per heavy atom. The van der Waals surface area contributed by atoms with Crippen LogP contribution in [-0.2, 0) is 9.59 Å². The number of carbonyl (C=O) groups is 2. The van der Waals surface area contributed by atoms with Crippen molar-refractivity contribution in [2.45, 2.75) is 6.04 Å². The van der Waals surface area contributed by atoms with Crippen LogP contribution in [0.1, 0.15) is 10.9 Å². The molecule has 0 spiro atoms. The number of rotatable bonds is 4. The molecule has 5 N–H and O–H groups in total. The van der Waals surface area contributed by atoms with Gasteiger partial charge in [-0.3, -0.25) is 9.59 Å². The van der Waals surface area contributed by atoms with E-state index in [2.05, 4.69) is 5.32 Å². The number of nitrogens with two attached hydrogens (primary N) is 2. The van der Waals surface area contributed by atoms with E-state index in [0.717, 1.165) is 4.88 Å². The van der Waals surface area contributed by atoms with E-state index in [1.165, 1.54) is 11.3 Å². The number of hydrogen-bond donors (Lipinski definition) is 3. The van der Waals surface area contributed by atoms with Crippen molar-refractivity contribution in [3.8, 4) is 0 Å². The first-order valence-corrected chi connectivity index (χ1v) is 4.84. The summed E-state index contributed by atoms with van der Waals surface area (Å²) in [4.78, 5) is 22.4. The molecule has 0 saturated heterocycles. The maximum atomic E-state index is 11.3. The largest absolute Gasteiger partial charge is 0.368 e. The minimum Gasteiger partial charge on any atom is -0.368 e. The molecule has 0 aliphatic carbocycles. The smallest absolute Gasteiger partial charge is 0.242 e. The number of hydrogen-bond acceptors (Lipinski definition) is 4. The molecule has 0 aromatic carbocycles. The number of nitrogens with one attached hydrogen (secondary N) is 1. The van der Waals surface area contributed by atoms with Gasteiger partial charge in [-0.05, 0) is 11.4 Å². The predicted octanol–water partition coefficient (Wildman–Crippen LogP) is -0.651. The molecule has 6 heteroatoms. The van der Waals surface area contributed by atoms with Gasteiger partial charge in [0.15, 0.2) is 0 Å². The van der Waals surface area contributed by atoms with E-state index < -0.39 is 17.9 Å². The summed E-state index contributed by atoms with van der Waals surface area (Å²) in [6.07, 6.45) is 0. The molecule has 1 aromatic heterocycles. The highest BCUT2D eigenvalue weighted by Gasteiger charge is 2.16. The van der Waals surface area contributed by atoms with Gasteiger partial charge >= 0.3 is 0 Å². The predicted molar refractivity (Wildman–Crippen MR) is 53.5 cm³/mol. The molecule has 76 valence electrons. The van der Waals surface area contributed by atoms with Crippen molar-refractivity contribution in [3.63, 3.8) is 0 Å². The van der Waals surface area contributed by atoms with E-state index >= 15 is 0 Å². The molecule has 0 saturated carbocycles. The van der Waals surface area contributed by atoms with Gasteiger partial charge in [-0.2, -0.15) is 0 Å². The lowest BCUT2D eigenvalue weighted by Gasteiger charge is -2.08. The number of primary amides is 1. The monoisotopic (exact) mass is 213 g/mol. The summed E-state index contributed by atoms with van der Waals surface area (Å²) in [6.45, 7) is -0.183. The quantitative estimate of drug-likeness (QED) is 0.619. The van der Waals surface area contributed by atoms with E-state index in [-0.39, 0.29) is 6.54 Å². The Labute approximate surface area is 85.1 Å². The van der Waals surface area contributed by atoms with Crippen molar-refractivity contribution in [2.24, 2.45) is 11.5 Å². The summed E-state index contributed by atoms with van der Waals surface area (Å²) in [5.74, 6) is -0.983. The fraction of sp³-hybridized carbons (Fsp3) is 0.250. The highest BCUT2D eigenvalue weighted by molar-refractivity contribution is 7.10. The second-order valence-electron chi connectivity index (χ2n) is 2.68. The Kier molecular flexibility index (Phi) is 3.61. The molecule has 0 aliphatic rings. The number of thiophene rings is 1. The first kappa shape index (κ1) is 10.7. The van der Waals surface area contributed by atoms with Crippen LogP contribution in [0.2, 0.25) is 0 Å². The van der Waals surface area contributed by atoms with Crippen molar-refractivity contribution in [3.05, 3.63) is 22.4 Å². The summed E-state index contributed by atoms with van der Waals surface area (Å²) < 4.78 is 0. The van der Waals surface area contributed by atoms with Crippen LogP contribution in [0.25, 0.3) is 0 Å². The molecule has 1 rings (SSSR count). The molecule has 0 bridgehead atoms. The van der Waals surface area contributed by atoms with Gasteiger partial charge in [0.25, 0.3) is 0 Å². The standard InChI is InChI=1S/C8H11N3O2S/c9-6(12)4-11-8(13)7(10)5-2-1-3-14-5/h1-3,7H,4,10H2,(H2,9,12)(H,11,13). The SMILES string of the molecule is NC(=O)CNC(=O)C(N)c1cccs1. The average molecular weight is 213 g/mol. The third-order valence-electron chi connectivity index (χ3n) is 1.57. The highest BCUT2D eigenvalue weighted by Crippen LogP contribution is 2.16. The molecule has 5 nitrogen and oxygen atoms in total. The Balaban J connectivity index is 2.49. The van der Waals surface area contributed by atoms with Crippen molar-refractivity contribution in [2.75, 3.05) is 6.54 Å². The van der Waals surface area contributed by atoms with Crippen LogP contribution < -0.4 is 16.8 Å². The zero-order chi connectivity index (χ0) is 10.6. The van der Waals surface area contributed by atoms with Crippen molar-refractivity contribution in [1.29, 1.82) is 0 Å². The van der Waals surface area contributed by atoms with Crippen LogP contribution in [0, 0.1) is 0 Å². The van der Waals surface area contributed by atoms with Crippen LogP contribution in [0.5, 0.6) is 0 Å². The van der Waals surface area contributed by atoms with E-state index in [4.69, 9.17) is 11.5 Å². The molecule has 1 atom stereocenters. The Morgan fingerprint density at radius 1 is 1.57 bits per heavy atom. The van der Waals surface area contributed by atoms with Gasteiger partial charge in [-0.25, -0.2) is 0 Å². The highest BCUT2D eigenvalue weighted by atomic mass is 32.1. The van der Waals surface area contributed by atoms with Crippen LogP contribution in [0.15, 0.2) is 17.5 Å². The second kappa shape index (κ2) is 4.73. The molecule has 0 radical (unpaired) electrons. The molecular weight excluding hydrogens is 202 g/mol. The second-order valence-corrected chi connectivity index (χ2v) is 3.66. The number of amides is 2. The lowest BCUT2D eigenvalue weighted by Crippen LogP contribution is -2.38. The summed E-state index contributed by atoms with van der Waals surface area (Å²) in [5.41, 5.74) is 10.5. The minimum absolute atomic E-state index is 0.183. The number of carbonyl (C=O) groups excluding carboxylic acids is 2. The third kappa shape index (κ3) is 2.82. The third-order valence-corrected chi connectivity index (χ3v) is 2.52. The van der Waals surface area contributed by atoms with Gasteiger partial charge in [-0.1, -0.05) is 6.07 Å². The van der Waals surface area contributed by atoms with Crippen molar-refractivity contribution >= 4 is 23.2 Å². The van der Waals surface area contributed by atoms with E-state index in [9.17, 15) is 9.59 Å².